The van der Waals surface area contributed by atoms with Gasteiger partial charge in [0, 0.05) is 12.4 Å². The highest BCUT2D eigenvalue weighted by Gasteiger charge is 2.07. The zero-order chi connectivity index (χ0) is 13.7. The van der Waals surface area contributed by atoms with E-state index in [1.165, 1.54) is 12.3 Å². The van der Waals surface area contributed by atoms with E-state index in [0.717, 1.165) is 11.3 Å². The molecule has 0 aliphatic carbocycles. The predicted molar refractivity (Wildman–Crippen MR) is 69.1 cm³/mol. The summed E-state index contributed by atoms with van der Waals surface area (Å²) in [5.41, 5.74) is 2.56. The number of aromatic nitrogens is 2. The van der Waals surface area contributed by atoms with Gasteiger partial charge in [0.05, 0.1) is 17.8 Å². The van der Waals surface area contributed by atoms with Crippen molar-refractivity contribution in [3.8, 4) is 6.07 Å². The first-order chi connectivity index (χ1) is 9.20. The molecule has 0 spiro atoms. The molecule has 0 aromatic carbocycles. The number of aryl methyl sites for hydroxylation is 1. The molecule has 2 heterocycles. The maximum Gasteiger partial charge on any atom is 0.270 e. The van der Waals surface area contributed by atoms with Crippen molar-refractivity contribution in [3.63, 3.8) is 0 Å². The van der Waals surface area contributed by atoms with Gasteiger partial charge in [0.15, 0.2) is 0 Å². The fourth-order valence-electron chi connectivity index (χ4n) is 1.55. The SMILES string of the molecule is Cc1cccnc1CNC(=O)c1ccc(C#N)cn1. The second kappa shape index (κ2) is 5.74. The van der Waals surface area contributed by atoms with Crippen molar-refractivity contribution in [2.24, 2.45) is 0 Å². The van der Waals surface area contributed by atoms with E-state index < -0.39 is 0 Å². The molecule has 94 valence electrons. The Kier molecular flexibility index (Phi) is 3.84. The molecule has 0 saturated heterocycles. The van der Waals surface area contributed by atoms with Crippen LogP contribution in [-0.4, -0.2) is 15.9 Å². The lowest BCUT2D eigenvalue weighted by Gasteiger charge is -2.06. The molecule has 0 atom stereocenters. The molecule has 0 aliphatic heterocycles. The van der Waals surface area contributed by atoms with Gasteiger partial charge in [-0.2, -0.15) is 5.26 Å². The molecule has 0 radical (unpaired) electrons. The van der Waals surface area contributed by atoms with Crippen LogP contribution in [0.3, 0.4) is 0 Å². The molecule has 0 saturated carbocycles. The van der Waals surface area contributed by atoms with Crippen LogP contribution >= 0.6 is 0 Å². The number of amides is 1. The highest BCUT2D eigenvalue weighted by atomic mass is 16.1. The van der Waals surface area contributed by atoms with E-state index in [2.05, 4.69) is 15.3 Å². The molecule has 5 heteroatoms. The van der Waals surface area contributed by atoms with Crippen LogP contribution in [0.2, 0.25) is 0 Å². The second-order valence-corrected chi connectivity index (χ2v) is 3.99. The molecule has 2 rings (SSSR count). The Morgan fingerprint density at radius 2 is 2.21 bits per heavy atom. The Labute approximate surface area is 110 Å². The largest absolute Gasteiger partial charge is 0.345 e. The van der Waals surface area contributed by atoms with E-state index in [1.54, 1.807) is 12.3 Å². The third-order valence-electron chi connectivity index (χ3n) is 2.66. The number of nitrogens with zero attached hydrogens (tertiary/aromatic N) is 3. The summed E-state index contributed by atoms with van der Waals surface area (Å²) in [5.74, 6) is -0.283. The van der Waals surface area contributed by atoms with Crippen LogP contribution in [0.5, 0.6) is 0 Å². The van der Waals surface area contributed by atoms with Gasteiger partial charge in [0.25, 0.3) is 5.91 Å². The highest BCUT2D eigenvalue weighted by Crippen LogP contribution is 2.03. The molecule has 0 unspecified atom stereocenters. The van der Waals surface area contributed by atoms with Crippen LogP contribution < -0.4 is 5.32 Å². The summed E-state index contributed by atoms with van der Waals surface area (Å²) in [7, 11) is 0. The topological polar surface area (TPSA) is 78.7 Å². The van der Waals surface area contributed by atoms with Gasteiger partial charge < -0.3 is 5.32 Å². The molecule has 19 heavy (non-hydrogen) atoms. The summed E-state index contributed by atoms with van der Waals surface area (Å²) >= 11 is 0. The molecule has 2 aromatic rings. The predicted octanol–water partition coefficient (Wildman–Crippen LogP) is 1.59. The van der Waals surface area contributed by atoms with Crippen molar-refractivity contribution in [1.82, 2.24) is 15.3 Å². The third-order valence-corrected chi connectivity index (χ3v) is 2.66. The molecular formula is C14H12N4O. The van der Waals surface area contributed by atoms with Crippen LogP contribution in [-0.2, 0) is 6.54 Å². The van der Waals surface area contributed by atoms with Crippen molar-refractivity contribution in [2.75, 3.05) is 0 Å². The molecule has 0 fully saturated rings. The zero-order valence-corrected chi connectivity index (χ0v) is 10.4. The summed E-state index contributed by atoms with van der Waals surface area (Å²) in [5, 5.41) is 11.4. The Bertz CT molecular complexity index is 629. The van der Waals surface area contributed by atoms with Crippen LogP contribution in [0.1, 0.15) is 27.3 Å². The minimum Gasteiger partial charge on any atom is -0.345 e. The highest BCUT2D eigenvalue weighted by molar-refractivity contribution is 5.92. The Morgan fingerprint density at radius 3 is 2.84 bits per heavy atom. The number of pyridine rings is 2. The van der Waals surface area contributed by atoms with E-state index in [9.17, 15) is 4.79 Å². The summed E-state index contributed by atoms with van der Waals surface area (Å²) in [6, 6.07) is 8.83. The van der Waals surface area contributed by atoms with Crippen molar-refractivity contribution in [2.45, 2.75) is 13.5 Å². The molecule has 0 aliphatic rings. The fourth-order valence-corrected chi connectivity index (χ4v) is 1.55. The van der Waals surface area contributed by atoms with Gasteiger partial charge in [-0.15, -0.1) is 0 Å². The maximum absolute atomic E-state index is 11.8. The quantitative estimate of drug-likeness (QED) is 0.899. The first kappa shape index (κ1) is 12.7. The molecule has 5 nitrogen and oxygen atoms in total. The monoisotopic (exact) mass is 252 g/mol. The van der Waals surface area contributed by atoms with Gasteiger partial charge in [0.2, 0.25) is 0 Å². The average Bonchev–Trinajstić information content (AvgIpc) is 2.46. The van der Waals surface area contributed by atoms with E-state index in [1.807, 2.05) is 25.1 Å². The van der Waals surface area contributed by atoms with Gasteiger partial charge >= 0.3 is 0 Å². The minimum absolute atomic E-state index is 0.283. The van der Waals surface area contributed by atoms with Crippen LogP contribution in [0.15, 0.2) is 36.7 Å². The number of carbonyl (C=O) groups is 1. The van der Waals surface area contributed by atoms with Gasteiger partial charge in [0.1, 0.15) is 11.8 Å². The van der Waals surface area contributed by atoms with Crippen LogP contribution in [0, 0.1) is 18.3 Å². The Balaban J connectivity index is 2.02. The lowest BCUT2D eigenvalue weighted by Crippen LogP contribution is -2.24. The number of hydrogen-bond donors (Lipinski definition) is 1. The summed E-state index contributed by atoms with van der Waals surface area (Å²) in [4.78, 5) is 20.0. The first-order valence-electron chi connectivity index (χ1n) is 5.75. The van der Waals surface area contributed by atoms with Crippen LogP contribution in [0.25, 0.3) is 0 Å². The number of hydrogen-bond acceptors (Lipinski definition) is 4. The maximum atomic E-state index is 11.8. The molecule has 1 amide bonds. The van der Waals surface area contributed by atoms with Gasteiger partial charge in [-0.25, -0.2) is 4.98 Å². The van der Waals surface area contributed by atoms with Crippen LogP contribution in [0.4, 0.5) is 0 Å². The van der Waals surface area contributed by atoms with E-state index in [0.29, 0.717) is 12.1 Å². The molecule has 0 bridgehead atoms. The summed E-state index contributed by atoms with van der Waals surface area (Å²) < 4.78 is 0. The smallest absolute Gasteiger partial charge is 0.270 e. The lowest BCUT2D eigenvalue weighted by atomic mass is 10.2. The summed E-state index contributed by atoms with van der Waals surface area (Å²) in [6.45, 7) is 2.29. The Hall–Kier alpha value is -2.74. The fraction of sp³-hybridized carbons (Fsp3) is 0.143. The minimum atomic E-state index is -0.283. The van der Waals surface area contributed by atoms with Gasteiger partial charge in [-0.3, -0.25) is 9.78 Å². The lowest BCUT2D eigenvalue weighted by molar-refractivity contribution is 0.0945. The number of carbonyl (C=O) groups excluding carboxylic acids is 1. The molecule has 1 N–H and O–H groups in total. The van der Waals surface area contributed by atoms with Gasteiger partial charge in [-0.05, 0) is 30.7 Å². The number of rotatable bonds is 3. The van der Waals surface area contributed by atoms with E-state index in [4.69, 9.17) is 5.26 Å². The number of nitrogens with one attached hydrogen (secondary N) is 1. The molecular weight excluding hydrogens is 240 g/mol. The molecule has 2 aromatic heterocycles. The van der Waals surface area contributed by atoms with Crippen molar-refractivity contribution >= 4 is 5.91 Å². The average molecular weight is 252 g/mol. The normalized spacial score (nSPS) is 9.68. The second-order valence-electron chi connectivity index (χ2n) is 3.99. The van der Waals surface area contributed by atoms with E-state index >= 15 is 0 Å². The number of nitriles is 1. The van der Waals surface area contributed by atoms with Gasteiger partial charge in [-0.1, -0.05) is 6.07 Å². The van der Waals surface area contributed by atoms with E-state index in [-0.39, 0.29) is 11.6 Å². The first-order valence-corrected chi connectivity index (χ1v) is 5.75. The standard InChI is InChI=1S/C14H12N4O/c1-10-3-2-6-16-13(10)9-18-14(19)12-5-4-11(7-15)8-17-12/h2-6,8H,9H2,1H3,(H,18,19). The van der Waals surface area contributed by atoms with Crippen molar-refractivity contribution in [3.05, 3.63) is 59.2 Å². The summed E-state index contributed by atoms with van der Waals surface area (Å²) in [6.07, 6.45) is 3.06. The third kappa shape index (κ3) is 3.13. The van der Waals surface area contributed by atoms with Crippen molar-refractivity contribution < 1.29 is 4.79 Å². The zero-order valence-electron chi connectivity index (χ0n) is 10.4. The Morgan fingerprint density at radius 1 is 1.37 bits per heavy atom. The van der Waals surface area contributed by atoms with Crippen molar-refractivity contribution in [1.29, 1.82) is 5.26 Å².